The van der Waals surface area contributed by atoms with Crippen molar-refractivity contribution >= 4 is 11.6 Å². The predicted octanol–water partition coefficient (Wildman–Crippen LogP) is 4.21. The first-order valence-electron chi connectivity index (χ1n) is 8.49. The smallest absolute Gasteiger partial charge is 0.259 e. The fraction of sp³-hybridized carbons (Fsp3) is 0.250. The van der Waals surface area contributed by atoms with Crippen LogP contribution in [0, 0.1) is 0 Å². The summed E-state index contributed by atoms with van der Waals surface area (Å²) in [5.41, 5.74) is 3.40. The molecule has 0 saturated heterocycles. The van der Waals surface area contributed by atoms with Gasteiger partial charge >= 0.3 is 0 Å². The van der Waals surface area contributed by atoms with Crippen LogP contribution in [0.25, 0.3) is 5.82 Å². The lowest BCUT2D eigenvalue weighted by molar-refractivity contribution is 0.102. The van der Waals surface area contributed by atoms with Crippen molar-refractivity contribution in [2.24, 2.45) is 0 Å². The average Bonchev–Trinajstić information content (AvgIpc) is 3.06. The van der Waals surface area contributed by atoms with Crippen molar-refractivity contribution in [2.45, 2.75) is 33.1 Å². The number of carbonyl (C=O) groups excluding carboxylic acids is 1. The zero-order chi connectivity index (χ0) is 17.8. The molecule has 1 aromatic carbocycles. The highest BCUT2D eigenvalue weighted by atomic mass is 16.1. The van der Waals surface area contributed by atoms with Gasteiger partial charge in [-0.3, -0.25) is 4.79 Å². The maximum absolute atomic E-state index is 12.7. The van der Waals surface area contributed by atoms with Gasteiger partial charge in [0.05, 0.1) is 17.5 Å². The van der Waals surface area contributed by atoms with E-state index in [-0.39, 0.29) is 5.91 Å². The minimum atomic E-state index is -0.153. The Kier molecular flexibility index (Phi) is 4.93. The van der Waals surface area contributed by atoms with Gasteiger partial charge in [-0.15, -0.1) is 0 Å². The average molecular weight is 334 g/mol. The van der Waals surface area contributed by atoms with Gasteiger partial charge in [-0.2, -0.15) is 5.10 Å². The fourth-order valence-electron chi connectivity index (χ4n) is 2.75. The summed E-state index contributed by atoms with van der Waals surface area (Å²) in [5.74, 6) is 0.968. The van der Waals surface area contributed by atoms with Crippen molar-refractivity contribution in [3.8, 4) is 5.82 Å². The molecule has 3 aromatic rings. The summed E-state index contributed by atoms with van der Waals surface area (Å²) in [6.45, 7) is 6.27. The first kappa shape index (κ1) is 16.9. The fourth-order valence-corrected chi connectivity index (χ4v) is 2.75. The molecule has 0 spiro atoms. The zero-order valence-corrected chi connectivity index (χ0v) is 14.7. The van der Waals surface area contributed by atoms with Crippen molar-refractivity contribution in [3.63, 3.8) is 0 Å². The summed E-state index contributed by atoms with van der Waals surface area (Å²) in [5, 5.41) is 7.34. The van der Waals surface area contributed by atoms with Crippen LogP contribution in [-0.2, 0) is 6.42 Å². The standard InChI is InChI=1S/C20H22N4O/c1-4-18-17(13-22-24(18)19-10-5-6-11-21-19)20(25)23-16-9-7-8-15(12-16)14(2)3/h5-14H,4H2,1-3H3,(H,23,25). The van der Waals surface area contributed by atoms with Crippen LogP contribution in [0.15, 0.2) is 54.9 Å². The largest absolute Gasteiger partial charge is 0.322 e. The molecule has 0 aliphatic heterocycles. The van der Waals surface area contributed by atoms with E-state index in [1.807, 2.05) is 43.3 Å². The highest BCUT2D eigenvalue weighted by Crippen LogP contribution is 2.20. The summed E-state index contributed by atoms with van der Waals surface area (Å²) >= 11 is 0. The van der Waals surface area contributed by atoms with E-state index in [1.54, 1.807) is 17.1 Å². The molecule has 2 aromatic heterocycles. The molecule has 0 bridgehead atoms. The second-order valence-corrected chi connectivity index (χ2v) is 6.19. The molecule has 0 aliphatic carbocycles. The van der Waals surface area contributed by atoms with Gasteiger partial charge in [0.15, 0.2) is 5.82 Å². The highest BCUT2D eigenvalue weighted by molar-refractivity contribution is 6.05. The van der Waals surface area contributed by atoms with E-state index in [0.29, 0.717) is 23.7 Å². The number of carbonyl (C=O) groups is 1. The SMILES string of the molecule is CCc1c(C(=O)Nc2cccc(C(C)C)c2)cnn1-c1ccccn1. The molecule has 5 heteroatoms. The number of aromatic nitrogens is 3. The molecule has 25 heavy (non-hydrogen) atoms. The summed E-state index contributed by atoms with van der Waals surface area (Å²) in [6, 6.07) is 13.6. The van der Waals surface area contributed by atoms with Gasteiger partial charge in [-0.25, -0.2) is 9.67 Å². The molecule has 0 radical (unpaired) electrons. The van der Waals surface area contributed by atoms with Crippen molar-refractivity contribution < 1.29 is 4.79 Å². The summed E-state index contributed by atoms with van der Waals surface area (Å²) < 4.78 is 1.72. The molecule has 0 aliphatic rings. The third-order valence-electron chi connectivity index (χ3n) is 4.13. The molecular weight excluding hydrogens is 312 g/mol. The molecular formula is C20H22N4O. The van der Waals surface area contributed by atoms with E-state index in [4.69, 9.17) is 0 Å². The number of hydrogen-bond acceptors (Lipinski definition) is 3. The van der Waals surface area contributed by atoms with Gasteiger partial charge < -0.3 is 5.32 Å². The van der Waals surface area contributed by atoms with E-state index < -0.39 is 0 Å². The molecule has 1 N–H and O–H groups in total. The second-order valence-electron chi connectivity index (χ2n) is 6.19. The van der Waals surface area contributed by atoms with Crippen LogP contribution in [0.2, 0.25) is 0 Å². The first-order valence-corrected chi connectivity index (χ1v) is 8.49. The predicted molar refractivity (Wildman–Crippen MR) is 99.2 cm³/mol. The highest BCUT2D eigenvalue weighted by Gasteiger charge is 2.18. The number of benzene rings is 1. The Morgan fingerprint density at radius 3 is 2.72 bits per heavy atom. The van der Waals surface area contributed by atoms with Crippen molar-refractivity contribution in [1.29, 1.82) is 0 Å². The van der Waals surface area contributed by atoms with E-state index in [0.717, 1.165) is 11.4 Å². The lowest BCUT2D eigenvalue weighted by Gasteiger charge is -2.10. The van der Waals surface area contributed by atoms with Gasteiger partial charge in [-0.1, -0.05) is 39.0 Å². The number of anilines is 1. The van der Waals surface area contributed by atoms with Gasteiger partial charge in [0.1, 0.15) is 0 Å². The van der Waals surface area contributed by atoms with Crippen LogP contribution in [0.5, 0.6) is 0 Å². The maximum Gasteiger partial charge on any atom is 0.259 e. The quantitative estimate of drug-likeness (QED) is 0.760. The molecule has 128 valence electrons. The summed E-state index contributed by atoms with van der Waals surface area (Å²) in [6.07, 6.45) is 4.01. The number of amides is 1. The molecule has 2 heterocycles. The number of nitrogens with zero attached hydrogens (tertiary/aromatic N) is 3. The third kappa shape index (κ3) is 3.60. The number of nitrogens with one attached hydrogen (secondary N) is 1. The van der Waals surface area contributed by atoms with Crippen LogP contribution in [0.4, 0.5) is 5.69 Å². The number of hydrogen-bond donors (Lipinski definition) is 1. The lowest BCUT2D eigenvalue weighted by Crippen LogP contribution is -2.14. The Hall–Kier alpha value is -2.95. The Morgan fingerprint density at radius 1 is 1.20 bits per heavy atom. The van der Waals surface area contributed by atoms with Gasteiger partial charge in [0.2, 0.25) is 0 Å². The zero-order valence-electron chi connectivity index (χ0n) is 14.7. The summed E-state index contributed by atoms with van der Waals surface area (Å²) in [7, 11) is 0. The van der Waals surface area contributed by atoms with E-state index in [9.17, 15) is 4.79 Å². The van der Waals surface area contributed by atoms with E-state index >= 15 is 0 Å². The van der Waals surface area contributed by atoms with E-state index in [1.165, 1.54) is 5.56 Å². The molecule has 1 amide bonds. The molecule has 0 atom stereocenters. The lowest BCUT2D eigenvalue weighted by atomic mass is 10.0. The van der Waals surface area contributed by atoms with Crippen LogP contribution in [0.1, 0.15) is 48.3 Å². The molecule has 0 unspecified atom stereocenters. The van der Waals surface area contributed by atoms with Crippen LogP contribution < -0.4 is 5.32 Å². The van der Waals surface area contributed by atoms with Gasteiger partial charge in [0.25, 0.3) is 5.91 Å². The topological polar surface area (TPSA) is 59.8 Å². The minimum Gasteiger partial charge on any atom is -0.322 e. The van der Waals surface area contributed by atoms with Gasteiger partial charge in [-0.05, 0) is 42.2 Å². The Morgan fingerprint density at radius 2 is 2.04 bits per heavy atom. The van der Waals surface area contributed by atoms with Crippen LogP contribution in [-0.4, -0.2) is 20.7 Å². The monoisotopic (exact) mass is 334 g/mol. The second kappa shape index (κ2) is 7.30. The number of rotatable bonds is 5. The molecule has 5 nitrogen and oxygen atoms in total. The normalized spacial score (nSPS) is 10.9. The Labute approximate surface area is 147 Å². The number of pyridine rings is 1. The van der Waals surface area contributed by atoms with E-state index in [2.05, 4.69) is 35.3 Å². The van der Waals surface area contributed by atoms with Crippen molar-refractivity contribution in [3.05, 3.63) is 71.7 Å². The minimum absolute atomic E-state index is 0.153. The molecule has 0 saturated carbocycles. The third-order valence-corrected chi connectivity index (χ3v) is 4.13. The maximum atomic E-state index is 12.7. The first-order chi connectivity index (χ1) is 12.1. The van der Waals surface area contributed by atoms with Crippen molar-refractivity contribution in [2.75, 3.05) is 5.32 Å². The van der Waals surface area contributed by atoms with Crippen LogP contribution in [0.3, 0.4) is 0 Å². The Bertz CT molecular complexity index is 868. The molecule has 3 rings (SSSR count). The molecule has 0 fully saturated rings. The Balaban J connectivity index is 1.88. The van der Waals surface area contributed by atoms with Crippen LogP contribution >= 0.6 is 0 Å². The van der Waals surface area contributed by atoms with Gasteiger partial charge in [0, 0.05) is 11.9 Å². The summed E-state index contributed by atoms with van der Waals surface area (Å²) in [4.78, 5) is 17.0. The van der Waals surface area contributed by atoms with Crippen molar-refractivity contribution in [1.82, 2.24) is 14.8 Å².